The minimum Gasteiger partial charge on any atom is -0.384 e. The highest BCUT2D eigenvalue weighted by atomic mass is 19.3. The average molecular weight is 888 g/mol. The van der Waals surface area contributed by atoms with E-state index in [4.69, 9.17) is 14.2 Å². The van der Waals surface area contributed by atoms with E-state index in [1.165, 1.54) is 16.9 Å². The molecule has 5 amide bonds. The van der Waals surface area contributed by atoms with Gasteiger partial charge >= 0.3 is 0 Å². The van der Waals surface area contributed by atoms with Crippen molar-refractivity contribution in [1.82, 2.24) is 39.5 Å². The zero-order valence-electron chi connectivity index (χ0n) is 35.3. The second-order valence-corrected chi connectivity index (χ2v) is 16.8. The van der Waals surface area contributed by atoms with Gasteiger partial charge in [0.15, 0.2) is 11.3 Å². The van der Waals surface area contributed by atoms with E-state index in [2.05, 4.69) is 40.9 Å². The molecule has 21 heteroatoms. The van der Waals surface area contributed by atoms with E-state index < -0.39 is 47.7 Å². The summed E-state index contributed by atoms with van der Waals surface area (Å²) in [4.78, 5) is 74.1. The summed E-state index contributed by atoms with van der Waals surface area (Å²) in [5.74, 6) is -1.67. The summed E-state index contributed by atoms with van der Waals surface area (Å²) in [6.07, 6.45) is 5.76. The molecule has 340 valence electrons. The van der Waals surface area contributed by atoms with Gasteiger partial charge in [-0.1, -0.05) is 6.07 Å². The van der Waals surface area contributed by atoms with Gasteiger partial charge < -0.3 is 29.7 Å². The van der Waals surface area contributed by atoms with E-state index in [9.17, 15) is 32.8 Å². The number of carbonyl (C=O) groups is 5. The van der Waals surface area contributed by atoms with Crippen LogP contribution in [0.1, 0.15) is 94.2 Å². The van der Waals surface area contributed by atoms with Gasteiger partial charge in [-0.2, -0.15) is 10.2 Å². The molecule has 3 saturated heterocycles. The van der Waals surface area contributed by atoms with Gasteiger partial charge in [-0.3, -0.25) is 43.8 Å². The van der Waals surface area contributed by atoms with Crippen LogP contribution in [-0.2, 0) is 23.8 Å². The number of ether oxygens (including phenoxy) is 3. The first kappa shape index (κ1) is 43.4. The molecule has 1 aromatic carbocycles. The number of hydrogen-bond donors (Lipinski definition) is 3. The van der Waals surface area contributed by atoms with Crippen LogP contribution >= 0.6 is 0 Å². The molecular formula is C43H51F2N11O8. The molecule has 4 fully saturated rings. The van der Waals surface area contributed by atoms with E-state index in [1.54, 1.807) is 29.1 Å². The smallest absolute Gasteiger partial charge is 0.284 e. The lowest BCUT2D eigenvalue weighted by molar-refractivity contribution is -0.136. The number of aromatic nitrogens is 5. The Bertz CT molecular complexity index is 2400. The number of fused-ring (bicyclic) bond motifs is 2. The van der Waals surface area contributed by atoms with Crippen LogP contribution in [0.2, 0.25) is 0 Å². The molecule has 19 nitrogen and oxygen atoms in total. The number of piperidine rings is 1. The quantitative estimate of drug-likeness (QED) is 0.116. The number of nitrogens with one attached hydrogen (secondary N) is 3. The molecule has 4 aliphatic heterocycles. The first-order chi connectivity index (χ1) is 31.1. The molecule has 3 aromatic heterocycles. The van der Waals surface area contributed by atoms with Crippen LogP contribution in [-0.4, -0.2) is 148 Å². The number of rotatable bonds is 15. The highest BCUT2D eigenvalue weighted by Gasteiger charge is 2.45. The Morgan fingerprint density at radius 3 is 2.61 bits per heavy atom. The van der Waals surface area contributed by atoms with Crippen molar-refractivity contribution in [1.29, 1.82) is 0 Å². The van der Waals surface area contributed by atoms with Crippen molar-refractivity contribution in [2.24, 2.45) is 5.92 Å². The van der Waals surface area contributed by atoms with Crippen molar-refractivity contribution in [3.05, 3.63) is 65.2 Å². The van der Waals surface area contributed by atoms with E-state index in [0.29, 0.717) is 82.2 Å². The number of nitrogens with zero attached hydrogens (tertiary/aromatic N) is 8. The molecule has 4 aromatic rings. The van der Waals surface area contributed by atoms with Gasteiger partial charge in [0.1, 0.15) is 17.4 Å². The number of imide groups is 2. The Balaban J connectivity index is 0.711. The summed E-state index contributed by atoms with van der Waals surface area (Å²) in [6.45, 7) is 6.84. The van der Waals surface area contributed by atoms with E-state index >= 15 is 0 Å². The fraction of sp³-hybridized carbons (Fsp3) is 0.535. The fourth-order valence-corrected chi connectivity index (χ4v) is 9.31. The molecule has 1 unspecified atom stereocenters. The van der Waals surface area contributed by atoms with Gasteiger partial charge in [0, 0.05) is 70.4 Å². The average Bonchev–Trinajstić information content (AvgIpc) is 4.00. The normalized spacial score (nSPS) is 23.2. The van der Waals surface area contributed by atoms with Gasteiger partial charge in [0.2, 0.25) is 11.8 Å². The zero-order chi connectivity index (χ0) is 44.3. The number of anilines is 3. The Hall–Kier alpha value is -5.90. The van der Waals surface area contributed by atoms with Crippen LogP contribution < -0.4 is 20.9 Å². The summed E-state index contributed by atoms with van der Waals surface area (Å²) in [5, 5.41) is 16.6. The monoisotopic (exact) mass is 887 g/mol. The molecule has 7 heterocycles. The summed E-state index contributed by atoms with van der Waals surface area (Å²) < 4.78 is 49.0. The lowest BCUT2D eigenvalue weighted by Gasteiger charge is -2.37. The number of morpholine rings is 2. The largest absolute Gasteiger partial charge is 0.384 e. The number of halogens is 2. The summed E-state index contributed by atoms with van der Waals surface area (Å²) in [6, 6.07) is 5.68. The van der Waals surface area contributed by atoms with E-state index in [-0.39, 0.29) is 47.4 Å². The Kier molecular flexibility index (Phi) is 12.9. The maximum atomic E-state index is 14.3. The summed E-state index contributed by atoms with van der Waals surface area (Å²) in [5.41, 5.74) is 0.932. The van der Waals surface area contributed by atoms with Crippen LogP contribution in [0.5, 0.6) is 0 Å². The molecule has 9 rings (SSSR count). The first-order valence-corrected chi connectivity index (χ1v) is 22.0. The molecule has 64 heavy (non-hydrogen) atoms. The number of hydrogen-bond acceptors (Lipinski definition) is 14. The predicted molar refractivity (Wildman–Crippen MR) is 225 cm³/mol. The second-order valence-electron chi connectivity index (χ2n) is 16.8. The lowest BCUT2D eigenvalue weighted by atomic mass is 9.85. The first-order valence-electron chi connectivity index (χ1n) is 22.0. The van der Waals surface area contributed by atoms with Crippen LogP contribution in [0, 0.1) is 5.92 Å². The minimum atomic E-state index is -2.88. The molecule has 1 saturated carbocycles. The SMILES string of the molecule is O=C1CCC(N2C(=O)c3cccc(NCCCOC[C@H]4CN(C[C@H]5CC[C@H](n6cc(NC(=O)c7cnn8ccc(N9CCOCC9)nc78)c(C(F)F)n6)CC5)CCO4)c3C2=O)C(=O)N1. The number of carbonyl (C=O) groups excluding carboxylic acids is 5. The highest BCUT2D eigenvalue weighted by molar-refractivity contribution is 6.25. The van der Waals surface area contributed by atoms with E-state index in [1.807, 2.05) is 6.07 Å². The fourth-order valence-electron chi connectivity index (χ4n) is 9.31. The molecule has 5 aliphatic rings. The zero-order valence-corrected chi connectivity index (χ0v) is 35.3. The second kappa shape index (κ2) is 19.1. The Labute approximate surface area is 366 Å². The molecule has 0 spiro atoms. The third-order valence-corrected chi connectivity index (χ3v) is 12.6. The van der Waals surface area contributed by atoms with Gasteiger partial charge in [0.05, 0.1) is 61.6 Å². The van der Waals surface area contributed by atoms with Crippen molar-refractivity contribution in [2.45, 2.75) is 69.6 Å². The maximum absolute atomic E-state index is 14.3. The topological polar surface area (TPSA) is 207 Å². The van der Waals surface area contributed by atoms with Gasteiger partial charge in [-0.25, -0.2) is 18.3 Å². The Morgan fingerprint density at radius 1 is 0.984 bits per heavy atom. The molecular weight excluding hydrogens is 837 g/mol. The van der Waals surface area contributed by atoms with Gasteiger partial charge in [-0.15, -0.1) is 0 Å². The Morgan fingerprint density at radius 2 is 1.81 bits per heavy atom. The van der Waals surface area contributed by atoms with E-state index in [0.717, 1.165) is 50.2 Å². The van der Waals surface area contributed by atoms with Crippen LogP contribution in [0.15, 0.2) is 42.9 Å². The summed E-state index contributed by atoms with van der Waals surface area (Å²) >= 11 is 0. The summed E-state index contributed by atoms with van der Waals surface area (Å²) in [7, 11) is 0. The van der Waals surface area contributed by atoms with Crippen LogP contribution in [0.25, 0.3) is 5.65 Å². The third-order valence-electron chi connectivity index (χ3n) is 12.6. The van der Waals surface area contributed by atoms with Crippen molar-refractivity contribution in [3.8, 4) is 0 Å². The third kappa shape index (κ3) is 9.19. The number of benzene rings is 1. The molecule has 1 aliphatic carbocycles. The highest BCUT2D eigenvalue weighted by Crippen LogP contribution is 2.36. The van der Waals surface area contributed by atoms with Crippen LogP contribution in [0.4, 0.5) is 26.0 Å². The molecule has 3 N–H and O–H groups in total. The van der Waals surface area contributed by atoms with Gasteiger partial charge in [0.25, 0.3) is 24.1 Å². The van der Waals surface area contributed by atoms with Crippen molar-refractivity contribution in [3.63, 3.8) is 0 Å². The standard InChI is InChI=1S/C43H51F2N11O8/c44-38(45)37-32(48-40(58)30-21-47-54-13-11-34(49-39(30)54)53-15-18-62-19-16-53)24-55(51-37)27-7-5-26(6-8-27)22-52-14-20-64-28(23-52)25-63-17-2-12-46-31-4-1-3-29-36(31)43(61)56(42(29)60)33-9-10-35(57)50-41(33)59/h1,3-4,11,13,21,24,26-28,33,38,46H,2,5-10,12,14-20,22-23,25H2,(H,48,58)(H,50,57,59)/t26-,27-,28-,33?/m1/s1. The number of alkyl halides is 2. The molecule has 0 radical (unpaired) electrons. The van der Waals surface area contributed by atoms with Crippen molar-refractivity contribution < 1.29 is 47.0 Å². The number of amides is 5. The van der Waals surface area contributed by atoms with Crippen LogP contribution in [0.3, 0.4) is 0 Å². The van der Waals surface area contributed by atoms with Gasteiger partial charge in [-0.05, 0) is 62.6 Å². The maximum Gasteiger partial charge on any atom is 0.284 e. The molecule has 0 bridgehead atoms. The molecule has 2 atom stereocenters. The lowest BCUT2D eigenvalue weighted by Crippen LogP contribution is -2.54. The van der Waals surface area contributed by atoms with Crippen molar-refractivity contribution in [2.75, 3.05) is 87.8 Å². The predicted octanol–water partition coefficient (Wildman–Crippen LogP) is 3.30. The minimum absolute atomic E-state index is 0.0303. The van der Waals surface area contributed by atoms with Crippen molar-refractivity contribution >= 4 is 52.4 Å².